The lowest BCUT2D eigenvalue weighted by Gasteiger charge is -2.34. The van der Waals surface area contributed by atoms with Crippen LogP contribution in [0.3, 0.4) is 0 Å². The number of benzene rings is 1. The van der Waals surface area contributed by atoms with Crippen LogP contribution in [-0.4, -0.2) is 23.0 Å². The molecular formula is C12H16NO5P. The molecule has 7 heteroatoms. The van der Waals surface area contributed by atoms with Crippen LogP contribution in [0.2, 0.25) is 0 Å². The average Bonchev–Trinajstić information content (AvgIpc) is 2.37. The summed E-state index contributed by atoms with van der Waals surface area (Å²) in [6.45, 7) is 3.26. The highest BCUT2D eigenvalue weighted by Gasteiger charge is 2.52. The maximum absolute atomic E-state index is 11.8. The van der Waals surface area contributed by atoms with Gasteiger partial charge in [0.2, 0.25) is 0 Å². The van der Waals surface area contributed by atoms with Gasteiger partial charge in [-0.05, 0) is 19.9 Å². The summed E-state index contributed by atoms with van der Waals surface area (Å²) in [5, 5.41) is 9.07. The number of rotatable bonds is 6. The highest BCUT2D eigenvalue weighted by atomic mass is 31.2. The molecule has 0 radical (unpaired) electrons. The first kappa shape index (κ1) is 15.8. The molecule has 0 bridgehead atoms. The normalized spacial score (nSPS) is 12.2. The van der Waals surface area contributed by atoms with Gasteiger partial charge in [0.1, 0.15) is 0 Å². The van der Waals surface area contributed by atoms with Gasteiger partial charge in [-0.15, -0.1) is 0 Å². The summed E-state index contributed by atoms with van der Waals surface area (Å²) < 4.78 is 22.3. The lowest BCUT2D eigenvalue weighted by Crippen LogP contribution is -2.34. The van der Waals surface area contributed by atoms with E-state index in [0.717, 1.165) is 0 Å². The summed E-state index contributed by atoms with van der Waals surface area (Å²) in [5.41, 5.74) is -2.09. The highest BCUT2D eigenvalue weighted by Crippen LogP contribution is 2.59. The van der Waals surface area contributed by atoms with Crippen LogP contribution in [0.25, 0.3) is 0 Å². The molecule has 0 amide bonds. The molecule has 1 rings (SSSR count). The van der Waals surface area contributed by atoms with Gasteiger partial charge in [0.05, 0.1) is 11.6 Å². The molecule has 1 aromatic rings. The standard InChI is InChI=1S/C12H16NO5P/c1-3-17-12(18-4-2,19(14,15)16)11-8-6-5-7-10(11)9-13/h5-8H,3-4H2,1-2H3,(H2,14,15,16). The zero-order chi connectivity index (χ0) is 14.5. The summed E-state index contributed by atoms with van der Waals surface area (Å²) >= 11 is 0. The molecule has 0 saturated heterocycles. The molecule has 2 N–H and O–H groups in total. The molecule has 6 nitrogen and oxygen atoms in total. The molecule has 0 aliphatic carbocycles. The highest BCUT2D eigenvalue weighted by molar-refractivity contribution is 7.52. The number of ether oxygens (including phenoxy) is 2. The van der Waals surface area contributed by atoms with Gasteiger partial charge in [0.15, 0.2) is 0 Å². The average molecular weight is 285 g/mol. The Balaban J connectivity index is 3.54. The molecule has 0 atom stereocenters. The predicted octanol–water partition coefficient (Wildman–Crippen LogP) is 1.92. The fourth-order valence-corrected chi connectivity index (χ4v) is 2.87. The van der Waals surface area contributed by atoms with Gasteiger partial charge in [-0.1, -0.05) is 18.2 Å². The van der Waals surface area contributed by atoms with Gasteiger partial charge in [-0.3, -0.25) is 4.57 Å². The maximum Gasteiger partial charge on any atom is 0.389 e. The fraction of sp³-hybridized carbons (Fsp3) is 0.417. The quantitative estimate of drug-likeness (QED) is 0.612. The van der Waals surface area contributed by atoms with Gasteiger partial charge < -0.3 is 19.3 Å². The lowest BCUT2D eigenvalue weighted by atomic mass is 10.1. The van der Waals surface area contributed by atoms with E-state index in [0.29, 0.717) is 0 Å². The van der Waals surface area contributed by atoms with E-state index in [2.05, 4.69) is 0 Å². The minimum Gasteiger partial charge on any atom is -0.337 e. The third-order valence-corrected chi connectivity index (χ3v) is 3.72. The zero-order valence-electron chi connectivity index (χ0n) is 10.7. The third kappa shape index (κ3) is 3.03. The Morgan fingerprint density at radius 3 is 2.21 bits per heavy atom. The van der Waals surface area contributed by atoms with Gasteiger partial charge in [0, 0.05) is 18.8 Å². The van der Waals surface area contributed by atoms with E-state index in [1.54, 1.807) is 26.0 Å². The largest absolute Gasteiger partial charge is 0.389 e. The Bertz CT molecular complexity index is 513. The first-order valence-corrected chi connectivity index (χ1v) is 7.37. The summed E-state index contributed by atoms with van der Waals surface area (Å²) in [6.07, 6.45) is 0. The molecule has 0 unspecified atom stereocenters. The molecule has 0 spiro atoms. The van der Waals surface area contributed by atoms with Crippen molar-refractivity contribution in [3.05, 3.63) is 35.4 Å². The Labute approximate surface area is 111 Å². The van der Waals surface area contributed by atoms with Crippen LogP contribution in [0, 0.1) is 11.3 Å². The third-order valence-electron chi connectivity index (χ3n) is 2.45. The van der Waals surface area contributed by atoms with Crippen LogP contribution < -0.4 is 0 Å². The Morgan fingerprint density at radius 2 is 1.79 bits per heavy atom. The lowest BCUT2D eigenvalue weighted by molar-refractivity contribution is -0.192. The summed E-state index contributed by atoms with van der Waals surface area (Å²) in [6, 6.07) is 7.93. The molecule has 0 heterocycles. The molecule has 0 aliphatic rings. The van der Waals surface area contributed by atoms with Crippen LogP contribution in [0.4, 0.5) is 0 Å². The molecule has 0 fully saturated rings. The molecule has 104 valence electrons. The fourth-order valence-electron chi connectivity index (χ4n) is 1.77. The van der Waals surface area contributed by atoms with E-state index in [4.69, 9.17) is 14.7 Å². The number of hydrogen-bond acceptors (Lipinski definition) is 4. The van der Waals surface area contributed by atoms with Crippen LogP contribution in [-0.2, 0) is 19.6 Å². The van der Waals surface area contributed by atoms with Gasteiger partial charge in [0.25, 0.3) is 0 Å². The number of hydrogen-bond donors (Lipinski definition) is 2. The Morgan fingerprint density at radius 1 is 1.26 bits per heavy atom. The monoisotopic (exact) mass is 285 g/mol. The van der Waals surface area contributed by atoms with Crippen molar-refractivity contribution < 1.29 is 23.8 Å². The van der Waals surface area contributed by atoms with Crippen molar-refractivity contribution in [2.45, 2.75) is 19.4 Å². The van der Waals surface area contributed by atoms with E-state index < -0.39 is 13.1 Å². The minimum atomic E-state index is -4.80. The van der Waals surface area contributed by atoms with E-state index >= 15 is 0 Å². The van der Waals surface area contributed by atoms with E-state index in [1.807, 2.05) is 6.07 Å². The Kier molecular flexibility index (Phi) is 5.24. The van der Waals surface area contributed by atoms with E-state index in [9.17, 15) is 14.4 Å². The second kappa shape index (κ2) is 6.29. The van der Waals surface area contributed by atoms with Crippen molar-refractivity contribution in [3.8, 4) is 6.07 Å². The SMILES string of the molecule is CCOC(OCC)(c1ccccc1C#N)P(=O)(O)O. The topological polar surface area (TPSA) is 99.8 Å². The molecule has 19 heavy (non-hydrogen) atoms. The van der Waals surface area contributed by atoms with Crippen molar-refractivity contribution in [1.82, 2.24) is 0 Å². The van der Waals surface area contributed by atoms with Crippen molar-refractivity contribution in [3.63, 3.8) is 0 Å². The van der Waals surface area contributed by atoms with Gasteiger partial charge >= 0.3 is 13.1 Å². The van der Waals surface area contributed by atoms with Crippen LogP contribution in [0.5, 0.6) is 0 Å². The number of nitriles is 1. The van der Waals surface area contributed by atoms with E-state index in [-0.39, 0.29) is 24.3 Å². The van der Waals surface area contributed by atoms with Crippen molar-refractivity contribution in [2.24, 2.45) is 0 Å². The minimum absolute atomic E-state index is 0.0326. The second-order valence-corrected chi connectivity index (χ2v) is 5.33. The summed E-state index contributed by atoms with van der Waals surface area (Å²) in [5.74, 6) is 0. The second-order valence-electron chi connectivity index (χ2n) is 3.65. The molecule has 0 aliphatic heterocycles. The smallest absolute Gasteiger partial charge is 0.337 e. The van der Waals surface area contributed by atoms with Gasteiger partial charge in [-0.25, -0.2) is 0 Å². The van der Waals surface area contributed by atoms with Crippen molar-refractivity contribution in [1.29, 1.82) is 5.26 Å². The molecular weight excluding hydrogens is 269 g/mol. The number of nitrogens with zero attached hydrogens (tertiary/aromatic N) is 1. The first-order chi connectivity index (χ1) is 8.93. The van der Waals surface area contributed by atoms with Crippen molar-refractivity contribution >= 4 is 7.60 Å². The molecule has 1 aromatic carbocycles. The van der Waals surface area contributed by atoms with Crippen molar-refractivity contribution in [2.75, 3.05) is 13.2 Å². The summed E-state index contributed by atoms with van der Waals surface area (Å²) in [7, 11) is -4.80. The van der Waals surface area contributed by atoms with Gasteiger partial charge in [-0.2, -0.15) is 5.26 Å². The predicted molar refractivity (Wildman–Crippen MR) is 68.1 cm³/mol. The molecule has 0 saturated carbocycles. The van der Waals surface area contributed by atoms with Crippen LogP contribution >= 0.6 is 7.60 Å². The maximum atomic E-state index is 11.8. The molecule has 0 aromatic heterocycles. The Hall–Kier alpha value is -1.22. The zero-order valence-corrected chi connectivity index (χ0v) is 11.6. The van der Waals surface area contributed by atoms with Crippen LogP contribution in [0.15, 0.2) is 24.3 Å². The van der Waals surface area contributed by atoms with E-state index in [1.165, 1.54) is 12.1 Å². The first-order valence-electron chi connectivity index (χ1n) is 5.76. The van der Waals surface area contributed by atoms with Crippen LogP contribution in [0.1, 0.15) is 25.0 Å². The summed E-state index contributed by atoms with van der Waals surface area (Å²) in [4.78, 5) is 19.2.